The number of thiocarbonyl (C=S) groups is 1. The molecule has 1 aromatic carbocycles. The summed E-state index contributed by atoms with van der Waals surface area (Å²) in [6.45, 7) is 0. The first-order chi connectivity index (χ1) is 4.34. The van der Waals surface area contributed by atoms with Gasteiger partial charge in [0.2, 0.25) is 0 Å². The average molecular weight is 156 g/mol. The number of hydrogen-bond acceptors (Lipinski definition) is 1. The van der Waals surface area contributed by atoms with Crippen molar-refractivity contribution in [2.45, 2.75) is 0 Å². The summed E-state index contributed by atoms with van der Waals surface area (Å²) >= 11 is 10.3. The molecule has 0 bridgehead atoms. The van der Waals surface area contributed by atoms with E-state index < -0.39 is 0 Å². The predicted molar refractivity (Wildman–Crippen MR) is 43.2 cm³/mol. The van der Waals surface area contributed by atoms with E-state index in [9.17, 15) is 0 Å². The molecule has 0 aromatic heterocycles. The maximum atomic E-state index is 5.70. The third-order valence-corrected chi connectivity index (χ3v) is 1.53. The summed E-state index contributed by atoms with van der Waals surface area (Å²) in [6, 6.07) is 7.35. The molecule has 2 heteroatoms. The second-order valence-corrected chi connectivity index (χ2v) is 2.19. The van der Waals surface area contributed by atoms with Crippen molar-refractivity contribution in [3.63, 3.8) is 0 Å². The van der Waals surface area contributed by atoms with Crippen LogP contribution in [-0.2, 0) is 0 Å². The quantitative estimate of drug-likeness (QED) is 0.562. The summed E-state index contributed by atoms with van der Waals surface area (Å²) in [5.41, 5.74) is 0.786. The lowest BCUT2D eigenvalue weighted by atomic mass is 10.2. The zero-order valence-corrected chi connectivity index (χ0v) is 6.17. The lowest BCUT2D eigenvalue weighted by Crippen LogP contribution is -1.76. The Morgan fingerprint density at radius 3 is 2.44 bits per heavy atom. The van der Waals surface area contributed by atoms with Crippen LogP contribution in [0.25, 0.3) is 0 Å². The van der Waals surface area contributed by atoms with E-state index >= 15 is 0 Å². The Labute approximate surface area is 64.5 Å². The zero-order chi connectivity index (χ0) is 6.69. The number of halogens is 1. The molecule has 1 aromatic rings. The third kappa shape index (κ3) is 1.50. The van der Waals surface area contributed by atoms with Gasteiger partial charge < -0.3 is 0 Å². The van der Waals surface area contributed by atoms with Crippen LogP contribution in [0, 0.1) is 0 Å². The van der Waals surface area contributed by atoms with E-state index in [-0.39, 0.29) is 0 Å². The highest BCUT2D eigenvalue weighted by atomic mass is 35.5. The molecule has 0 unspecified atom stereocenters. The van der Waals surface area contributed by atoms with Crippen LogP contribution in [0.3, 0.4) is 0 Å². The number of hydrogen-bond donors (Lipinski definition) is 0. The van der Waals surface area contributed by atoms with Gasteiger partial charge >= 0.3 is 0 Å². The molecule has 0 atom stereocenters. The molecule has 0 aliphatic carbocycles. The largest absolute Gasteiger partial charge is 0.0836 e. The van der Waals surface area contributed by atoms with Crippen LogP contribution in [0.2, 0.25) is 5.02 Å². The summed E-state index contributed by atoms with van der Waals surface area (Å²) in [5.74, 6) is 0. The SMILES string of the molecule is S=[C]c1ccccc1Cl. The molecule has 0 spiro atoms. The Balaban J connectivity index is 3.15. The van der Waals surface area contributed by atoms with Crippen LogP contribution < -0.4 is 0 Å². The van der Waals surface area contributed by atoms with Gasteiger partial charge in [-0.1, -0.05) is 42.0 Å². The van der Waals surface area contributed by atoms with Crippen LogP contribution in [0.15, 0.2) is 24.3 Å². The number of rotatable bonds is 1. The standard InChI is InChI=1S/C7H4ClS/c8-7-4-2-1-3-6(7)5-9/h1-4H. The Bertz CT molecular complexity index is 220. The average Bonchev–Trinajstić information content (AvgIpc) is 1.89. The van der Waals surface area contributed by atoms with E-state index in [0.717, 1.165) is 5.56 Å². The molecular formula is C7H4ClS. The maximum absolute atomic E-state index is 5.70. The molecule has 1 rings (SSSR count). The van der Waals surface area contributed by atoms with Crippen molar-refractivity contribution >= 4 is 29.2 Å². The molecule has 45 valence electrons. The second-order valence-electron chi connectivity index (χ2n) is 1.58. The smallest absolute Gasteiger partial charge is 0.0651 e. The molecule has 0 fully saturated rings. The van der Waals surface area contributed by atoms with Crippen LogP contribution in [0.4, 0.5) is 0 Å². The van der Waals surface area contributed by atoms with Crippen molar-refractivity contribution in [2.24, 2.45) is 0 Å². The Hall–Kier alpha value is -0.400. The third-order valence-electron chi connectivity index (χ3n) is 0.984. The summed E-state index contributed by atoms with van der Waals surface area (Å²) in [4.78, 5) is 0. The van der Waals surface area contributed by atoms with Gasteiger partial charge in [-0.15, -0.1) is 0 Å². The van der Waals surface area contributed by atoms with Crippen LogP contribution in [0.1, 0.15) is 5.56 Å². The van der Waals surface area contributed by atoms with Gasteiger partial charge in [0.1, 0.15) is 0 Å². The molecule has 0 saturated carbocycles. The molecule has 0 heterocycles. The molecular weight excluding hydrogens is 152 g/mol. The summed E-state index contributed by atoms with van der Waals surface area (Å²) in [7, 11) is 0. The van der Waals surface area contributed by atoms with E-state index in [4.69, 9.17) is 11.6 Å². The zero-order valence-electron chi connectivity index (χ0n) is 4.60. The Morgan fingerprint density at radius 2 is 2.00 bits per heavy atom. The van der Waals surface area contributed by atoms with Gasteiger partial charge in [0.15, 0.2) is 0 Å². The fraction of sp³-hybridized carbons (Fsp3) is 0. The first kappa shape index (κ1) is 6.72. The van der Waals surface area contributed by atoms with Gasteiger partial charge in [0.25, 0.3) is 0 Å². The fourth-order valence-corrected chi connectivity index (χ4v) is 0.961. The highest BCUT2D eigenvalue weighted by molar-refractivity contribution is 7.79. The summed E-state index contributed by atoms with van der Waals surface area (Å²) < 4.78 is 0. The van der Waals surface area contributed by atoms with E-state index in [2.05, 4.69) is 17.6 Å². The topological polar surface area (TPSA) is 0 Å². The summed E-state index contributed by atoms with van der Waals surface area (Å²) in [6.07, 6.45) is 0. The first-order valence-electron chi connectivity index (χ1n) is 2.47. The van der Waals surface area contributed by atoms with Crippen molar-refractivity contribution in [3.05, 3.63) is 34.9 Å². The molecule has 0 aliphatic rings. The van der Waals surface area contributed by atoms with E-state index in [1.807, 2.05) is 18.2 Å². The van der Waals surface area contributed by atoms with Gasteiger partial charge in [-0.3, -0.25) is 0 Å². The van der Waals surface area contributed by atoms with Crippen LogP contribution >= 0.6 is 23.8 Å². The normalized spacial score (nSPS) is 9.00. The van der Waals surface area contributed by atoms with Crippen molar-refractivity contribution in [1.29, 1.82) is 0 Å². The van der Waals surface area contributed by atoms with Crippen molar-refractivity contribution < 1.29 is 0 Å². The molecule has 0 amide bonds. The first-order valence-corrected chi connectivity index (χ1v) is 3.26. The predicted octanol–water partition coefficient (Wildman–Crippen LogP) is 2.56. The van der Waals surface area contributed by atoms with Gasteiger partial charge in [-0.2, -0.15) is 0 Å². The van der Waals surface area contributed by atoms with Crippen molar-refractivity contribution in [1.82, 2.24) is 0 Å². The molecule has 0 saturated heterocycles. The minimum absolute atomic E-state index is 0.660. The minimum Gasteiger partial charge on any atom is -0.0836 e. The monoisotopic (exact) mass is 155 g/mol. The van der Waals surface area contributed by atoms with Crippen molar-refractivity contribution in [2.75, 3.05) is 0 Å². The fourth-order valence-electron chi connectivity index (χ4n) is 0.544. The highest BCUT2D eigenvalue weighted by Gasteiger charge is 1.91. The van der Waals surface area contributed by atoms with Crippen LogP contribution in [0.5, 0.6) is 0 Å². The Morgan fingerprint density at radius 1 is 1.33 bits per heavy atom. The van der Waals surface area contributed by atoms with Crippen molar-refractivity contribution in [3.8, 4) is 0 Å². The van der Waals surface area contributed by atoms with E-state index in [1.54, 1.807) is 6.07 Å². The molecule has 0 nitrogen and oxygen atoms in total. The molecule has 1 radical (unpaired) electrons. The maximum Gasteiger partial charge on any atom is 0.0651 e. The second kappa shape index (κ2) is 2.95. The molecule has 9 heavy (non-hydrogen) atoms. The lowest BCUT2D eigenvalue weighted by Gasteiger charge is -1.90. The van der Waals surface area contributed by atoms with E-state index in [1.165, 1.54) is 0 Å². The summed E-state index contributed by atoms with van der Waals surface area (Å²) in [5, 5.41) is 3.21. The van der Waals surface area contributed by atoms with Gasteiger partial charge in [-0.05, 0) is 6.07 Å². The van der Waals surface area contributed by atoms with Gasteiger partial charge in [-0.25, -0.2) is 0 Å². The van der Waals surface area contributed by atoms with Gasteiger partial charge in [0.05, 0.1) is 5.37 Å². The number of benzene rings is 1. The lowest BCUT2D eigenvalue weighted by molar-refractivity contribution is 1.69. The Kier molecular flexibility index (Phi) is 2.20. The molecule has 0 aliphatic heterocycles. The van der Waals surface area contributed by atoms with Gasteiger partial charge in [0, 0.05) is 10.6 Å². The minimum atomic E-state index is 0.660. The highest BCUT2D eigenvalue weighted by Crippen LogP contribution is 2.11. The van der Waals surface area contributed by atoms with Crippen LogP contribution in [-0.4, -0.2) is 5.37 Å². The molecule has 0 N–H and O–H groups in total. The van der Waals surface area contributed by atoms with E-state index in [0.29, 0.717) is 5.02 Å².